The Morgan fingerprint density at radius 1 is 0.633 bits per heavy atom. The predicted octanol–water partition coefficient (Wildman–Crippen LogP) is 8.13. The number of methoxy groups -OCH3 is 1. The maximum Gasteiger partial charge on any atom is 0.460 e. The van der Waals surface area contributed by atoms with E-state index < -0.39 is 57.1 Å². The zero-order chi connectivity index (χ0) is 38.3. The number of rotatable bonds is 12. The largest absolute Gasteiger partial charge is 0.743 e. The third-order valence-corrected chi connectivity index (χ3v) is 10.2. The van der Waals surface area contributed by atoms with Crippen molar-refractivity contribution < 1.29 is 97.1 Å². The van der Waals surface area contributed by atoms with Gasteiger partial charge in [-0.2, -0.15) is 74.6 Å². The Balaban J connectivity index is 0.000000360. The van der Waals surface area contributed by atoms with Crippen molar-refractivity contribution in [2.45, 2.75) is 64.7 Å². The van der Waals surface area contributed by atoms with Crippen LogP contribution in [0.2, 0.25) is 0 Å². The first-order chi connectivity index (χ1) is 21.9. The second-order valence-corrected chi connectivity index (χ2v) is 13.6. The molecule has 1 fully saturated rings. The third kappa shape index (κ3) is 7.19. The molecule has 1 aliphatic rings. The molecule has 0 aromatic heterocycles. The molecular weight excluding hydrogens is 767 g/mol. The zero-order valence-corrected chi connectivity index (χ0v) is 25.6. The van der Waals surface area contributed by atoms with Gasteiger partial charge in [-0.1, -0.05) is 18.2 Å². The maximum absolute atomic E-state index is 13.0. The quantitative estimate of drug-likeness (QED) is 0.0941. The summed E-state index contributed by atoms with van der Waals surface area (Å²) in [6.07, 6.45) is -5.14. The highest BCUT2D eigenvalue weighted by molar-refractivity contribution is 7.97. The van der Waals surface area contributed by atoms with Crippen molar-refractivity contribution in [1.82, 2.24) is 0 Å². The van der Waals surface area contributed by atoms with E-state index in [0.717, 1.165) is 5.75 Å². The van der Waals surface area contributed by atoms with E-state index in [9.17, 15) is 87.6 Å². The number of halogens is 17. The van der Waals surface area contributed by atoms with Crippen LogP contribution in [0.4, 0.5) is 74.6 Å². The lowest BCUT2D eigenvalue weighted by Crippen LogP contribution is -2.75. The van der Waals surface area contributed by atoms with E-state index in [0.29, 0.717) is 24.1 Å². The number of hydrogen-bond donors (Lipinski definition) is 0. The lowest BCUT2D eigenvalue weighted by molar-refractivity contribution is -0.458. The molecule has 24 heteroatoms. The van der Waals surface area contributed by atoms with Crippen molar-refractivity contribution in [2.75, 3.05) is 31.8 Å². The molecule has 3 rings (SSSR count). The Bertz CT molecular complexity index is 1560. The van der Waals surface area contributed by atoms with Crippen LogP contribution in [-0.2, 0) is 25.7 Å². The van der Waals surface area contributed by atoms with Crippen LogP contribution in [0.5, 0.6) is 5.75 Å². The summed E-state index contributed by atoms with van der Waals surface area (Å²) >= 11 is 0. The van der Waals surface area contributed by atoms with Crippen molar-refractivity contribution in [3.05, 3.63) is 36.4 Å². The normalized spacial score (nSPS) is 16.5. The molecule has 0 radical (unpaired) electrons. The second-order valence-electron chi connectivity index (χ2n) is 9.97. The Kier molecular flexibility index (Phi) is 12.1. The highest BCUT2D eigenvalue weighted by Gasteiger charge is 2.95. The average molecular weight is 789 g/mol. The summed E-state index contributed by atoms with van der Waals surface area (Å²) in [6.45, 7) is 1.23. The molecule has 0 bridgehead atoms. The van der Waals surface area contributed by atoms with Gasteiger partial charge >= 0.3 is 47.0 Å². The van der Waals surface area contributed by atoms with Gasteiger partial charge in [-0.15, -0.1) is 0 Å². The molecule has 49 heavy (non-hydrogen) atoms. The molecule has 2 aromatic rings. The molecule has 1 saturated heterocycles. The lowest BCUT2D eigenvalue weighted by Gasteiger charge is -2.42. The van der Waals surface area contributed by atoms with Crippen LogP contribution >= 0.6 is 0 Å². The molecule has 0 unspecified atom stereocenters. The topological polar surface area (TPSA) is 75.7 Å². The fraction of sp³-hybridized carbons (Fsp3) is 0.600. The molecule has 5 nitrogen and oxygen atoms in total. The fourth-order valence-electron chi connectivity index (χ4n) is 4.04. The van der Waals surface area contributed by atoms with Crippen LogP contribution < -0.4 is 4.74 Å². The SMILES string of the molecule is COCCOc1ccc([S+]2CCCC2)c2ccccc12.O=S(=O)([O-])C(F)(F)C(F)(F)C(F)(F)C(F)(F)C(F)(F)C(F)(F)C(F)(F)C(F)(F)F. The monoisotopic (exact) mass is 788 g/mol. The van der Waals surface area contributed by atoms with E-state index >= 15 is 0 Å². The Morgan fingerprint density at radius 2 is 1.06 bits per heavy atom. The lowest BCUT2D eigenvalue weighted by atomic mass is 9.91. The van der Waals surface area contributed by atoms with E-state index in [1.54, 1.807) is 7.11 Å². The Morgan fingerprint density at radius 3 is 1.49 bits per heavy atom. The van der Waals surface area contributed by atoms with Crippen LogP contribution in [-0.4, -0.2) is 91.8 Å². The van der Waals surface area contributed by atoms with Gasteiger partial charge in [-0.05, 0) is 31.0 Å². The second kappa shape index (κ2) is 13.9. The molecule has 0 atom stereocenters. The van der Waals surface area contributed by atoms with Gasteiger partial charge in [0.05, 0.1) is 6.61 Å². The van der Waals surface area contributed by atoms with E-state index in [2.05, 4.69) is 36.4 Å². The molecule has 0 saturated carbocycles. The summed E-state index contributed by atoms with van der Waals surface area (Å²) < 4.78 is 255. The molecule has 0 spiro atoms. The molecule has 1 aliphatic heterocycles. The highest BCUT2D eigenvalue weighted by Crippen LogP contribution is 2.64. The first kappa shape index (κ1) is 42.7. The van der Waals surface area contributed by atoms with Crippen molar-refractivity contribution in [3.63, 3.8) is 0 Å². The number of alkyl halides is 17. The van der Waals surface area contributed by atoms with Crippen molar-refractivity contribution in [1.29, 1.82) is 0 Å². The molecular formula is C25H21F17O5S2. The van der Waals surface area contributed by atoms with Gasteiger partial charge in [0.15, 0.2) is 15.0 Å². The molecule has 1 heterocycles. The Labute approximate surface area is 267 Å². The molecule has 2 aromatic carbocycles. The number of fused-ring (bicyclic) bond motifs is 1. The van der Waals surface area contributed by atoms with Crippen LogP contribution in [0.25, 0.3) is 10.8 Å². The highest BCUT2D eigenvalue weighted by atomic mass is 32.2. The van der Waals surface area contributed by atoms with Crippen molar-refractivity contribution in [2.24, 2.45) is 0 Å². The van der Waals surface area contributed by atoms with Crippen LogP contribution in [0.3, 0.4) is 0 Å². The minimum atomic E-state index is -8.92. The number of ether oxygens (including phenoxy) is 2. The van der Waals surface area contributed by atoms with Gasteiger partial charge in [0.1, 0.15) is 23.9 Å². The summed E-state index contributed by atoms with van der Waals surface area (Å²) in [5.41, 5.74) is 0. The summed E-state index contributed by atoms with van der Waals surface area (Å²) in [6, 6.07) is 13.0. The van der Waals surface area contributed by atoms with Gasteiger partial charge in [-0.25, -0.2) is 8.42 Å². The maximum atomic E-state index is 13.0. The average Bonchev–Trinajstić information content (AvgIpc) is 3.51. The van der Waals surface area contributed by atoms with Gasteiger partial charge in [-0.3, -0.25) is 0 Å². The smallest absolute Gasteiger partial charge is 0.460 e. The van der Waals surface area contributed by atoms with Gasteiger partial charge in [0.2, 0.25) is 0 Å². The van der Waals surface area contributed by atoms with E-state index in [1.165, 1.54) is 40.0 Å². The standard InChI is InChI=1S/C17H21O2S.C8HF17O3S/c1-18-10-11-19-16-8-9-17(20-12-4-5-13-20)15-7-3-2-6-14(15)16;9-1(10,3(13,14)5(17,18)7(21,22)23)2(11,12)4(15,16)6(19,20)8(24,25)29(26,27)28/h2-3,6-9H,4-5,10-13H2,1H3;(H,26,27,28)/q+1;/p-1. The van der Waals surface area contributed by atoms with Gasteiger partial charge in [0.25, 0.3) is 0 Å². The van der Waals surface area contributed by atoms with Crippen molar-refractivity contribution >= 4 is 31.8 Å². The van der Waals surface area contributed by atoms with Crippen molar-refractivity contribution in [3.8, 4) is 5.75 Å². The third-order valence-electron chi connectivity index (χ3n) is 6.74. The number of benzene rings is 2. The molecule has 0 amide bonds. The first-order valence-electron chi connectivity index (χ1n) is 12.9. The summed E-state index contributed by atoms with van der Waals surface area (Å²) in [5, 5.41) is -5.35. The molecule has 282 valence electrons. The molecule has 0 aliphatic carbocycles. The summed E-state index contributed by atoms with van der Waals surface area (Å²) in [5.74, 6) is -48.5. The van der Waals surface area contributed by atoms with Gasteiger partial charge < -0.3 is 14.0 Å². The minimum Gasteiger partial charge on any atom is -0.743 e. The van der Waals surface area contributed by atoms with E-state index in [1.807, 2.05) is 0 Å². The minimum absolute atomic E-state index is 0.439. The fourth-order valence-corrected chi connectivity index (χ4v) is 6.98. The number of hydrogen-bond acceptors (Lipinski definition) is 5. The van der Waals surface area contributed by atoms with E-state index in [-0.39, 0.29) is 0 Å². The summed E-state index contributed by atoms with van der Waals surface area (Å²) in [4.78, 5) is 1.53. The van der Waals surface area contributed by atoms with E-state index in [4.69, 9.17) is 9.47 Å². The first-order valence-corrected chi connectivity index (χ1v) is 15.8. The van der Waals surface area contributed by atoms with Gasteiger partial charge in [0, 0.05) is 28.8 Å². The van der Waals surface area contributed by atoms with Crippen LogP contribution in [0, 0.1) is 0 Å². The molecule has 0 N–H and O–H groups in total. The van der Waals surface area contributed by atoms with Crippen LogP contribution in [0.15, 0.2) is 41.3 Å². The van der Waals surface area contributed by atoms with Crippen LogP contribution in [0.1, 0.15) is 12.8 Å². The zero-order valence-electron chi connectivity index (χ0n) is 24.0. The Hall–Kier alpha value is -2.47. The summed E-state index contributed by atoms with van der Waals surface area (Å²) in [7, 11) is -6.00. The predicted molar refractivity (Wildman–Crippen MR) is 136 cm³/mol.